The molecule has 7 heteroatoms. The molecule has 0 aliphatic carbocycles. The predicted octanol–water partition coefficient (Wildman–Crippen LogP) is 0.618. The molecule has 0 saturated carbocycles. The predicted molar refractivity (Wildman–Crippen MR) is 66.4 cm³/mol. The van der Waals surface area contributed by atoms with E-state index in [1.54, 1.807) is 11.4 Å². The highest BCUT2D eigenvalue weighted by Gasteiger charge is 2.26. The highest BCUT2D eigenvalue weighted by Crippen LogP contribution is 2.23. The third-order valence-electron chi connectivity index (χ3n) is 2.65. The van der Waals surface area contributed by atoms with Crippen LogP contribution in [0.3, 0.4) is 0 Å². The Morgan fingerprint density at radius 2 is 2.24 bits per heavy atom. The highest BCUT2D eigenvalue weighted by molar-refractivity contribution is 7.89. The Labute approximate surface area is 105 Å². The van der Waals surface area contributed by atoms with Crippen LogP contribution in [0.4, 0.5) is 0 Å². The standard InChI is InChI=1S/C10H16N2O3S2/c11-7-9-6-10(8-16-9)17(13,14)12-2-1-4-15-5-3-12/h6,8H,1-5,7,11H2. The van der Waals surface area contributed by atoms with Crippen LogP contribution in [-0.4, -0.2) is 39.0 Å². The van der Waals surface area contributed by atoms with E-state index in [4.69, 9.17) is 10.5 Å². The van der Waals surface area contributed by atoms with E-state index < -0.39 is 10.0 Å². The summed E-state index contributed by atoms with van der Waals surface area (Å²) in [5, 5.41) is 1.66. The van der Waals surface area contributed by atoms with Gasteiger partial charge in [-0.15, -0.1) is 11.3 Å². The molecule has 5 nitrogen and oxygen atoms in total. The Morgan fingerprint density at radius 1 is 1.41 bits per heavy atom. The number of ether oxygens (including phenoxy) is 1. The average Bonchev–Trinajstić information content (AvgIpc) is 2.64. The normalized spacial score (nSPS) is 19.1. The van der Waals surface area contributed by atoms with E-state index in [9.17, 15) is 8.42 Å². The van der Waals surface area contributed by atoms with Gasteiger partial charge in [-0.3, -0.25) is 0 Å². The minimum atomic E-state index is -3.37. The molecule has 1 fully saturated rings. The lowest BCUT2D eigenvalue weighted by Crippen LogP contribution is -2.33. The number of hydrogen-bond donors (Lipinski definition) is 1. The van der Waals surface area contributed by atoms with E-state index in [-0.39, 0.29) is 0 Å². The summed E-state index contributed by atoms with van der Waals surface area (Å²) in [5.74, 6) is 0. The lowest BCUT2D eigenvalue weighted by molar-refractivity contribution is 0.148. The Kier molecular flexibility index (Phi) is 4.16. The van der Waals surface area contributed by atoms with Gasteiger partial charge in [-0.25, -0.2) is 8.42 Å². The van der Waals surface area contributed by atoms with Crippen molar-refractivity contribution in [3.05, 3.63) is 16.3 Å². The van der Waals surface area contributed by atoms with Crippen LogP contribution in [0.15, 0.2) is 16.3 Å². The van der Waals surface area contributed by atoms with Crippen molar-refractivity contribution in [2.45, 2.75) is 17.9 Å². The first kappa shape index (κ1) is 13.0. The first-order chi connectivity index (χ1) is 8.14. The van der Waals surface area contributed by atoms with Gasteiger partial charge in [0.1, 0.15) is 0 Å². The highest BCUT2D eigenvalue weighted by atomic mass is 32.2. The molecule has 96 valence electrons. The van der Waals surface area contributed by atoms with Crippen LogP contribution < -0.4 is 5.73 Å². The summed E-state index contributed by atoms with van der Waals surface area (Å²) in [4.78, 5) is 1.24. The zero-order chi connectivity index (χ0) is 12.3. The van der Waals surface area contributed by atoms with E-state index in [0.29, 0.717) is 37.7 Å². The largest absolute Gasteiger partial charge is 0.380 e. The molecule has 1 aromatic rings. The molecule has 0 atom stereocenters. The fraction of sp³-hybridized carbons (Fsp3) is 0.600. The first-order valence-electron chi connectivity index (χ1n) is 5.50. The average molecular weight is 276 g/mol. The first-order valence-corrected chi connectivity index (χ1v) is 7.82. The zero-order valence-corrected chi connectivity index (χ0v) is 11.1. The molecule has 0 bridgehead atoms. The Balaban J connectivity index is 2.22. The number of rotatable bonds is 3. The Hall–Kier alpha value is -0.470. The summed E-state index contributed by atoms with van der Waals surface area (Å²) in [5.41, 5.74) is 5.49. The molecule has 17 heavy (non-hydrogen) atoms. The summed E-state index contributed by atoms with van der Waals surface area (Å²) >= 11 is 1.38. The lowest BCUT2D eigenvalue weighted by atomic mass is 10.5. The zero-order valence-electron chi connectivity index (χ0n) is 9.46. The van der Waals surface area contributed by atoms with Crippen molar-refractivity contribution >= 4 is 21.4 Å². The minimum absolute atomic E-state index is 0.352. The van der Waals surface area contributed by atoms with Gasteiger partial charge >= 0.3 is 0 Å². The van der Waals surface area contributed by atoms with Gasteiger partial charge in [-0.05, 0) is 12.5 Å². The third kappa shape index (κ3) is 2.86. The van der Waals surface area contributed by atoms with Crippen LogP contribution in [0, 0.1) is 0 Å². The second-order valence-corrected chi connectivity index (χ2v) is 6.76. The van der Waals surface area contributed by atoms with Gasteiger partial charge in [0, 0.05) is 36.5 Å². The molecular weight excluding hydrogens is 260 g/mol. The molecule has 1 aliphatic rings. The van der Waals surface area contributed by atoms with Crippen LogP contribution in [-0.2, 0) is 21.3 Å². The van der Waals surface area contributed by atoms with Crippen molar-refractivity contribution in [1.82, 2.24) is 4.31 Å². The maximum Gasteiger partial charge on any atom is 0.243 e. The van der Waals surface area contributed by atoms with Crippen LogP contribution >= 0.6 is 11.3 Å². The van der Waals surface area contributed by atoms with Crippen LogP contribution in [0.25, 0.3) is 0 Å². The van der Waals surface area contributed by atoms with Gasteiger partial charge < -0.3 is 10.5 Å². The quantitative estimate of drug-likeness (QED) is 0.878. The topological polar surface area (TPSA) is 72.6 Å². The number of nitrogens with two attached hydrogens (primary N) is 1. The van der Waals surface area contributed by atoms with Gasteiger partial charge in [0.15, 0.2) is 0 Å². The molecule has 1 aliphatic heterocycles. The van der Waals surface area contributed by atoms with Crippen LogP contribution in [0.1, 0.15) is 11.3 Å². The van der Waals surface area contributed by atoms with Crippen molar-refractivity contribution in [2.75, 3.05) is 26.3 Å². The molecule has 0 spiro atoms. The number of sulfonamides is 1. The van der Waals surface area contributed by atoms with Gasteiger partial charge in [0.2, 0.25) is 10.0 Å². The second kappa shape index (κ2) is 5.45. The number of nitrogens with zero attached hydrogens (tertiary/aromatic N) is 1. The fourth-order valence-corrected chi connectivity index (χ4v) is 4.32. The Bertz CT molecular complexity index is 462. The fourth-order valence-electron chi connectivity index (χ4n) is 1.72. The monoisotopic (exact) mass is 276 g/mol. The maximum absolute atomic E-state index is 12.3. The summed E-state index contributed by atoms with van der Waals surface area (Å²) in [6.07, 6.45) is 0.743. The van der Waals surface area contributed by atoms with Gasteiger partial charge in [0.25, 0.3) is 0 Å². The van der Waals surface area contributed by atoms with E-state index in [2.05, 4.69) is 0 Å². The van der Waals surface area contributed by atoms with E-state index in [0.717, 1.165) is 11.3 Å². The molecule has 0 unspecified atom stereocenters. The van der Waals surface area contributed by atoms with Crippen molar-refractivity contribution < 1.29 is 13.2 Å². The van der Waals surface area contributed by atoms with E-state index in [1.165, 1.54) is 15.6 Å². The molecule has 0 aromatic carbocycles. The SMILES string of the molecule is NCc1cc(S(=O)(=O)N2CCCOCC2)cs1. The molecule has 1 aromatic heterocycles. The number of thiophene rings is 1. The van der Waals surface area contributed by atoms with Crippen molar-refractivity contribution in [2.24, 2.45) is 5.73 Å². The third-order valence-corrected chi connectivity index (χ3v) is 5.63. The second-order valence-electron chi connectivity index (χ2n) is 3.82. The molecular formula is C10H16N2O3S2. The summed E-state index contributed by atoms with van der Waals surface area (Å²) in [6.45, 7) is 2.42. The summed E-state index contributed by atoms with van der Waals surface area (Å²) in [7, 11) is -3.37. The molecule has 1 saturated heterocycles. The molecule has 2 rings (SSSR count). The molecule has 0 amide bonds. The van der Waals surface area contributed by atoms with Crippen molar-refractivity contribution in [3.8, 4) is 0 Å². The molecule has 2 N–H and O–H groups in total. The maximum atomic E-state index is 12.3. The molecule has 0 radical (unpaired) electrons. The van der Waals surface area contributed by atoms with Gasteiger partial charge in [-0.2, -0.15) is 4.31 Å². The van der Waals surface area contributed by atoms with Crippen LogP contribution in [0.2, 0.25) is 0 Å². The smallest absolute Gasteiger partial charge is 0.243 e. The van der Waals surface area contributed by atoms with Crippen molar-refractivity contribution in [1.29, 1.82) is 0 Å². The van der Waals surface area contributed by atoms with E-state index in [1.807, 2.05) is 0 Å². The minimum Gasteiger partial charge on any atom is -0.380 e. The van der Waals surface area contributed by atoms with E-state index >= 15 is 0 Å². The van der Waals surface area contributed by atoms with Crippen molar-refractivity contribution in [3.63, 3.8) is 0 Å². The summed E-state index contributed by atoms with van der Waals surface area (Å²) in [6, 6.07) is 1.66. The van der Waals surface area contributed by atoms with Gasteiger partial charge in [-0.1, -0.05) is 0 Å². The Morgan fingerprint density at radius 3 is 2.94 bits per heavy atom. The summed E-state index contributed by atoms with van der Waals surface area (Å²) < 4.78 is 31.4. The van der Waals surface area contributed by atoms with Crippen LogP contribution in [0.5, 0.6) is 0 Å². The van der Waals surface area contributed by atoms with Gasteiger partial charge in [0.05, 0.1) is 11.5 Å². The lowest BCUT2D eigenvalue weighted by Gasteiger charge is -2.18. The number of hydrogen-bond acceptors (Lipinski definition) is 5. The molecule has 2 heterocycles.